The molecule has 1 aliphatic carbocycles. The summed E-state index contributed by atoms with van der Waals surface area (Å²) in [5.41, 5.74) is 0.925. The van der Waals surface area contributed by atoms with Crippen molar-refractivity contribution in [1.29, 1.82) is 0 Å². The number of pyridine rings is 1. The normalized spacial score (nSPS) is 23.4. The summed E-state index contributed by atoms with van der Waals surface area (Å²) in [6, 6.07) is 3.35. The van der Waals surface area contributed by atoms with Gasteiger partial charge in [0.25, 0.3) is 0 Å². The van der Waals surface area contributed by atoms with Gasteiger partial charge in [-0.15, -0.1) is 0 Å². The Labute approximate surface area is 115 Å². The fourth-order valence-corrected chi connectivity index (χ4v) is 2.60. The molecule has 6 heteroatoms. The van der Waals surface area contributed by atoms with Gasteiger partial charge >= 0.3 is 6.18 Å². The van der Waals surface area contributed by atoms with Gasteiger partial charge in [0.2, 0.25) is 5.91 Å². The van der Waals surface area contributed by atoms with Crippen LogP contribution in [0.1, 0.15) is 31.2 Å². The van der Waals surface area contributed by atoms with Crippen molar-refractivity contribution in [2.75, 3.05) is 5.32 Å². The predicted molar refractivity (Wildman–Crippen MR) is 69.1 cm³/mol. The number of rotatable bonds is 2. The third kappa shape index (κ3) is 3.49. The van der Waals surface area contributed by atoms with E-state index in [0.717, 1.165) is 5.56 Å². The van der Waals surface area contributed by atoms with E-state index in [0.29, 0.717) is 18.7 Å². The molecule has 1 aromatic heterocycles. The molecule has 1 saturated carbocycles. The number of carbonyl (C=O) groups excluding carboxylic acids is 1. The largest absolute Gasteiger partial charge is 0.392 e. The van der Waals surface area contributed by atoms with E-state index in [2.05, 4.69) is 10.3 Å². The second kappa shape index (κ2) is 5.81. The summed E-state index contributed by atoms with van der Waals surface area (Å²) in [4.78, 5) is 16.0. The number of nitrogens with zero attached hydrogens (tertiary/aromatic N) is 1. The van der Waals surface area contributed by atoms with Crippen molar-refractivity contribution in [1.82, 2.24) is 4.98 Å². The number of anilines is 1. The topological polar surface area (TPSA) is 42.0 Å². The number of aromatic nitrogens is 1. The molecule has 2 atom stereocenters. The fraction of sp³-hybridized carbons (Fsp3) is 0.571. The Morgan fingerprint density at radius 3 is 2.60 bits per heavy atom. The lowest BCUT2D eigenvalue weighted by molar-refractivity contribution is -0.197. The van der Waals surface area contributed by atoms with Crippen LogP contribution >= 0.6 is 0 Å². The molecule has 20 heavy (non-hydrogen) atoms. The van der Waals surface area contributed by atoms with E-state index in [1.807, 2.05) is 6.92 Å². The minimum Gasteiger partial charge on any atom is -0.310 e. The number of halogens is 3. The van der Waals surface area contributed by atoms with E-state index in [-0.39, 0.29) is 12.8 Å². The molecule has 2 rings (SSSR count). The molecule has 0 spiro atoms. The first-order chi connectivity index (χ1) is 9.38. The highest BCUT2D eigenvalue weighted by Crippen LogP contribution is 2.41. The molecule has 1 aliphatic rings. The van der Waals surface area contributed by atoms with Gasteiger partial charge < -0.3 is 5.32 Å². The van der Waals surface area contributed by atoms with E-state index >= 15 is 0 Å². The number of carbonyl (C=O) groups is 1. The van der Waals surface area contributed by atoms with Crippen LogP contribution in [0.3, 0.4) is 0 Å². The molecule has 0 aliphatic heterocycles. The van der Waals surface area contributed by atoms with E-state index < -0.39 is 23.9 Å². The molecule has 3 nitrogen and oxygen atoms in total. The van der Waals surface area contributed by atoms with Crippen LogP contribution in [-0.2, 0) is 4.79 Å². The van der Waals surface area contributed by atoms with Gasteiger partial charge in [0, 0.05) is 12.1 Å². The monoisotopic (exact) mass is 286 g/mol. The van der Waals surface area contributed by atoms with Crippen LogP contribution in [0, 0.1) is 18.8 Å². The molecule has 1 heterocycles. The molecule has 1 fully saturated rings. The van der Waals surface area contributed by atoms with Crippen molar-refractivity contribution in [2.45, 2.75) is 38.8 Å². The van der Waals surface area contributed by atoms with Gasteiger partial charge in [-0.25, -0.2) is 4.98 Å². The maximum Gasteiger partial charge on any atom is 0.392 e. The number of aryl methyl sites for hydroxylation is 1. The van der Waals surface area contributed by atoms with E-state index in [1.165, 1.54) is 0 Å². The van der Waals surface area contributed by atoms with Crippen LogP contribution in [0.5, 0.6) is 0 Å². The van der Waals surface area contributed by atoms with Gasteiger partial charge in [0.05, 0.1) is 5.92 Å². The summed E-state index contributed by atoms with van der Waals surface area (Å²) in [6.07, 6.45) is -1.26. The number of hydrogen-bond acceptors (Lipinski definition) is 2. The number of nitrogens with one attached hydrogen (secondary N) is 1. The molecule has 1 amide bonds. The molecule has 0 radical (unpaired) electrons. The van der Waals surface area contributed by atoms with Gasteiger partial charge in [0.1, 0.15) is 5.82 Å². The van der Waals surface area contributed by atoms with Gasteiger partial charge in [-0.05, 0) is 31.4 Å². The van der Waals surface area contributed by atoms with Crippen LogP contribution in [0.4, 0.5) is 19.0 Å². The number of amides is 1. The van der Waals surface area contributed by atoms with Crippen molar-refractivity contribution < 1.29 is 18.0 Å². The second-order valence-electron chi connectivity index (χ2n) is 5.25. The second-order valence-corrected chi connectivity index (χ2v) is 5.25. The third-order valence-electron chi connectivity index (χ3n) is 3.69. The highest BCUT2D eigenvalue weighted by Gasteiger charge is 2.48. The van der Waals surface area contributed by atoms with Crippen LogP contribution in [0.25, 0.3) is 0 Å². The van der Waals surface area contributed by atoms with Crippen molar-refractivity contribution >= 4 is 11.7 Å². The minimum atomic E-state index is -4.32. The zero-order chi connectivity index (χ0) is 14.8. The molecule has 0 aromatic carbocycles. The number of alkyl halides is 3. The highest BCUT2D eigenvalue weighted by molar-refractivity contribution is 5.92. The zero-order valence-corrected chi connectivity index (χ0v) is 11.2. The molecule has 1 N–H and O–H groups in total. The Bertz CT molecular complexity index is 470. The first-order valence-electron chi connectivity index (χ1n) is 6.68. The zero-order valence-electron chi connectivity index (χ0n) is 11.2. The van der Waals surface area contributed by atoms with Gasteiger partial charge in [-0.1, -0.05) is 18.9 Å². The van der Waals surface area contributed by atoms with Gasteiger partial charge in [0.15, 0.2) is 0 Å². The lowest BCUT2D eigenvalue weighted by Gasteiger charge is -2.31. The molecule has 0 unspecified atom stereocenters. The Hall–Kier alpha value is -1.59. The molecule has 0 bridgehead atoms. The van der Waals surface area contributed by atoms with Gasteiger partial charge in [-0.2, -0.15) is 13.2 Å². The minimum absolute atomic E-state index is 0.0307. The maximum atomic E-state index is 12.9. The molecular weight excluding hydrogens is 269 g/mol. The Kier molecular flexibility index (Phi) is 4.30. The molecule has 110 valence electrons. The lowest BCUT2D eigenvalue weighted by Crippen LogP contribution is -2.39. The van der Waals surface area contributed by atoms with Crippen molar-refractivity contribution in [2.24, 2.45) is 11.8 Å². The van der Waals surface area contributed by atoms with Crippen LogP contribution in [0.15, 0.2) is 18.3 Å². The Balaban J connectivity index is 2.08. The summed E-state index contributed by atoms with van der Waals surface area (Å²) in [5, 5.41) is 2.49. The van der Waals surface area contributed by atoms with Gasteiger partial charge in [-0.3, -0.25) is 4.79 Å². The van der Waals surface area contributed by atoms with E-state index in [9.17, 15) is 18.0 Å². The summed E-state index contributed by atoms with van der Waals surface area (Å²) >= 11 is 0. The molecular formula is C14H17F3N2O. The maximum absolute atomic E-state index is 12.9. The average molecular weight is 286 g/mol. The third-order valence-corrected chi connectivity index (χ3v) is 3.69. The quantitative estimate of drug-likeness (QED) is 0.900. The number of hydrogen-bond donors (Lipinski definition) is 1. The fourth-order valence-electron chi connectivity index (χ4n) is 2.60. The smallest absolute Gasteiger partial charge is 0.310 e. The first-order valence-corrected chi connectivity index (χ1v) is 6.68. The Morgan fingerprint density at radius 2 is 2.00 bits per heavy atom. The highest BCUT2D eigenvalue weighted by atomic mass is 19.4. The van der Waals surface area contributed by atoms with E-state index in [4.69, 9.17) is 0 Å². The Morgan fingerprint density at radius 1 is 1.30 bits per heavy atom. The van der Waals surface area contributed by atoms with Crippen LogP contribution in [0.2, 0.25) is 0 Å². The summed E-state index contributed by atoms with van der Waals surface area (Å²) < 4.78 is 38.8. The summed E-state index contributed by atoms with van der Waals surface area (Å²) in [5.74, 6) is -2.83. The SMILES string of the molecule is Cc1ccc(NC(=O)[C@H]2CCCC[C@H]2C(F)(F)F)nc1. The van der Waals surface area contributed by atoms with Crippen LogP contribution in [-0.4, -0.2) is 17.1 Å². The standard InChI is InChI=1S/C14H17F3N2O/c1-9-6-7-12(18-8-9)19-13(20)10-4-2-3-5-11(10)14(15,16)17/h6-8,10-11H,2-5H2,1H3,(H,18,19,20)/t10-,11+/m0/s1. The van der Waals surface area contributed by atoms with Crippen LogP contribution < -0.4 is 5.32 Å². The molecule has 0 saturated heterocycles. The average Bonchev–Trinajstić information content (AvgIpc) is 2.40. The lowest BCUT2D eigenvalue weighted by atomic mass is 9.78. The van der Waals surface area contributed by atoms with E-state index in [1.54, 1.807) is 18.3 Å². The molecule has 1 aromatic rings. The van der Waals surface area contributed by atoms with Crippen molar-refractivity contribution in [3.63, 3.8) is 0 Å². The predicted octanol–water partition coefficient (Wildman–Crippen LogP) is 3.70. The summed E-state index contributed by atoms with van der Waals surface area (Å²) in [6.45, 7) is 1.85. The van der Waals surface area contributed by atoms with Crippen molar-refractivity contribution in [3.05, 3.63) is 23.9 Å². The first kappa shape index (κ1) is 14.8. The summed E-state index contributed by atoms with van der Waals surface area (Å²) in [7, 11) is 0. The van der Waals surface area contributed by atoms with Crippen molar-refractivity contribution in [3.8, 4) is 0 Å².